The number of anilines is 2. The predicted octanol–water partition coefficient (Wildman–Crippen LogP) is 3.17. The highest BCUT2D eigenvalue weighted by Crippen LogP contribution is 2.26. The molecule has 1 aromatic carbocycles. The molecule has 0 bridgehead atoms. The predicted molar refractivity (Wildman–Crippen MR) is 79.1 cm³/mol. The van der Waals surface area contributed by atoms with Gasteiger partial charge in [0.1, 0.15) is 0 Å². The minimum Gasteiger partial charge on any atom is -0.322 e. The molecular weight excluding hydrogens is 351 g/mol. The molecule has 1 heterocycles. The molecule has 5 nitrogen and oxygen atoms in total. The molecule has 0 radical (unpaired) electrons. The van der Waals surface area contributed by atoms with Crippen LogP contribution in [0.4, 0.5) is 15.9 Å². The maximum absolute atomic E-state index is 13.9. The Balaban J connectivity index is 2.26. The molecule has 0 aliphatic heterocycles. The van der Waals surface area contributed by atoms with Gasteiger partial charge in [-0.05, 0) is 40.2 Å². The summed E-state index contributed by atoms with van der Waals surface area (Å²) in [4.78, 5) is 15.7. The summed E-state index contributed by atoms with van der Waals surface area (Å²) in [5, 5.41) is 3.06. The van der Waals surface area contributed by atoms with Gasteiger partial charge in [-0.1, -0.05) is 11.6 Å². The Hall–Kier alpha value is -1.70. The van der Waals surface area contributed by atoms with Crippen LogP contribution < -0.4 is 16.6 Å². The molecule has 0 aliphatic carbocycles. The Morgan fingerprint density at radius 2 is 2.15 bits per heavy atom. The molecule has 104 valence electrons. The number of hydrogen-bond acceptors (Lipinski definition) is 4. The number of hydrazine groups is 1. The first-order valence-electron chi connectivity index (χ1n) is 5.40. The van der Waals surface area contributed by atoms with E-state index >= 15 is 0 Å². The fourth-order valence-corrected chi connectivity index (χ4v) is 1.99. The molecule has 8 heteroatoms. The third kappa shape index (κ3) is 3.06. The van der Waals surface area contributed by atoms with Crippen molar-refractivity contribution in [3.8, 4) is 0 Å². The Morgan fingerprint density at radius 1 is 1.40 bits per heavy atom. The number of aromatic nitrogens is 1. The van der Waals surface area contributed by atoms with Gasteiger partial charge in [-0.3, -0.25) is 4.79 Å². The molecular formula is C12H9BrClFN4O. The van der Waals surface area contributed by atoms with Crippen molar-refractivity contribution in [2.24, 2.45) is 5.84 Å². The zero-order chi connectivity index (χ0) is 14.7. The van der Waals surface area contributed by atoms with E-state index in [4.69, 9.17) is 17.4 Å². The first-order valence-corrected chi connectivity index (χ1v) is 6.57. The molecule has 2 aromatic rings. The fraction of sp³-hybridized carbons (Fsp3) is 0. The first-order chi connectivity index (χ1) is 9.52. The molecule has 4 N–H and O–H groups in total. The van der Waals surface area contributed by atoms with Gasteiger partial charge in [-0.15, -0.1) is 0 Å². The van der Waals surface area contributed by atoms with Crippen LogP contribution >= 0.6 is 27.5 Å². The summed E-state index contributed by atoms with van der Waals surface area (Å²) in [6.07, 6.45) is 1.28. The van der Waals surface area contributed by atoms with Gasteiger partial charge in [-0.25, -0.2) is 15.2 Å². The third-order valence-electron chi connectivity index (χ3n) is 2.45. The first kappa shape index (κ1) is 14.7. The van der Waals surface area contributed by atoms with Gasteiger partial charge in [0, 0.05) is 16.4 Å². The summed E-state index contributed by atoms with van der Waals surface area (Å²) in [6, 6.07) is 6.08. The van der Waals surface area contributed by atoms with Crippen molar-refractivity contribution in [1.29, 1.82) is 0 Å². The normalized spacial score (nSPS) is 10.2. The van der Waals surface area contributed by atoms with E-state index in [-0.39, 0.29) is 11.4 Å². The number of pyridine rings is 1. The molecule has 1 aromatic heterocycles. The number of halogens is 3. The van der Waals surface area contributed by atoms with Crippen LogP contribution in [0.3, 0.4) is 0 Å². The second-order valence-corrected chi connectivity index (χ2v) is 5.01. The minimum absolute atomic E-state index is 0.168. The molecule has 0 aliphatic rings. The molecule has 0 atom stereocenters. The summed E-state index contributed by atoms with van der Waals surface area (Å²) in [5.74, 6) is 3.47. The number of amides is 1. The fourth-order valence-electron chi connectivity index (χ4n) is 1.49. The van der Waals surface area contributed by atoms with Crippen LogP contribution in [0.2, 0.25) is 5.02 Å². The van der Waals surface area contributed by atoms with Crippen molar-refractivity contribution in [1.82, 2.24) is 4.98 Å². The van der Waals surface area contributed by atoms with Gasteiger partial charge < -0.3 is 10.7 Å². The smallest absolute Gasteiger partial charge is 0.258 e. The number of benzene rings is 1. The van der Waals surface area contributed by atoms with E-state index in [2.05, 4.69) is 31.7 Å². The lowest BCUT2D eigenvalue weighted by Crippen LogP contribution is -2.17. The summed E-state index contributed by atoms with van der Waals surface area (Å²) >= 11 is 9.08. The Bertz CT molecular complexity index is 668. The van der Waals surface area contributed by atoms with Crippen molar-refractivity contribution >= 4 is 44.9 Å². The van der Waals surface area contributed by atoms with E-state index < -0.39 is 11.7 Å². The number of hydrogen-bond donors (Lipinski definition) is 3. The zero-order valence-electron chi connectivity index (χ0n) is 9.95. The van der Waals surface area contributed by atoms with Crippen LogP contribution in [-0.4, -0.2) is 10.9 Å². The van der Waals surface area contributed by atoms with E-state index in [1.54, 1.807) is 18.2 Å². The van der Waals surface area contributed by atoms with Gasteiger partial charge in [0.25, 0.3) is 5.91 Å². The number of nitrogens with zero attached hydrogens (tertiary/aromatic N) is 1. The highest BCUT2D eigenvalue weighted by atomic mass is 79.9. The topological polar surface area (TPSA) is 80.0 Å². The third-order valence-corrected chi connectivity index (χ3v) is 3.66. The summed E-state index contributed by atoms with van der Waals surface area (Å²) in [7, 11) is 0. The van der Waals surface area contributed by atoms with Gasteiger partial charge in [0.15, 0.2) is 11.6 Å². The minimum atomic E-state index is -0.819. The van der Waals surface area contributed by atoms with E-state index in [1.165, 1.54) is 12.3 Å². The van der Waals surface area contributed by atoms with Gasteiger partial charge >= 0.3 is 0 Å². The van der Waals surface area contributed by atoms with Crippen molar-refractivity contribution in [2.45, 2.75) is 0 Å². The zero-order valence-corrected chi connectivity index (χ0v) is 12.3. The van der Waals surface area contributed by atoms with Crippen LogP contribution in [0.1, 0.15) is 10.4 Å². The summed E-state index contributed by atoms with van der Waals surface area (Å²) in [5.41, 5.74) is 2.39. The molecule has 2 rings (SSSR count). The average molecular weight is 360 g/mol. The highest BCUT2D eigenvalue weighted by molar-refractivity contribution is 9.10. The number of carbonyl (C=O) groups is 1. The number of nitrogen functional groups attached to an aromatic ring is 1. The molecule has 0 saturated heterocycles. The summed E-state index contributed by atoms with van der Waals surface area (Å²) in [6.45, 7) is 0. The largest absolute Gasteiger partial charge is 0.322 e. The molecule has 1 amide bonds. The molecule has 0 fully saturated rings. The van der Waals surface area contributed by atoms with E-state index in [0.29, 0.717) is 15.2 Å². The van der Waals surface area contributed by atoms with Crippen molar-refractivity contribution in [2.75, 3.05) is 10.7 Å². The Morgan fingerprint density at radius 3 is 2.80 bits per heavy atom. The lowest BCUT2D eigenvalue weighted by atomic mass is 10.2. The average Bonchev–Trinajstić information content (AvgIpc) is 2.43. The Kier molecular flexibility index (Phi) is 4.53. The Labute approximate surface area is 127 Å². The maximum Gasteiger partial charge on any atom is 0.258 e. The molecule has 0 saturated carbocycles. The van der Waals surface area contributed by atoms with Crippen LogP contribution in [0.15, 0.2) is 34.9 Å². The van der Waals surface area contributed by atoms with Crippen molar-refractivity contribution < 1.29 is 9.18 Å². The van der Waals surface area contributed by atoms with Gasteiger partial charge in [0.2, 0.25) is 0 Å². The molecule has 20 heavy (non-hydrogen) atoms. The van der Waals surface area contributed by atoms with Crippen molar-refractivity contribution in [3.63, 3.8) is 0 Å². The van der Waals surface area contributed by atoms with Gasteiger partial charge in [-0.2, -0.15) is 0 Å². The van der Waals surface area contributed by atoms with Crippen LogP contribution in [0, 0.1) is 5.82 Å². The molecule has 0 spiro atoms. The number of nitrogens with one attached hydrogen (secondary N) is 2. The second kappa shape index (κ2) is 6.17. The van der Waals surface area contributed by atoms with E-state index in [9.17, 15) is 9.18 Å². The number of rotatable bonds is 3. The maximum atomic E-state index is 13.9. The quantitative estimate of drug-likeness (QED) is 0.581. The van der Waals surface area contributed by atoms with Gasteiger partial charge in [0.05, 0.1) is 10.6 Å². The standard InChI is InChI=1S/C12H9BrClFN4O/c13-8-5-6(1-2-9(8)14)18-12(20)7-3-4-17-11(19-16)10(7)15/h1-5H,16H2,(H,17,19)(H,18,20). The van der Waals surface area contributed by atoms with Crippen molar-refractivity contribution in [3.05, 3.63) is 51.3 Å². The lowest BCUT2D eigenvalue weighted by Gasteiger charge is -2.08. The second-order valence-electron chi connectivity index (χ2n) is 3.75. The van der Waals surface area contributed by atoms with E-state index in [1.807, 2.05) is 0 Å². The number of carbonyl (C=O) groups excluding carboxylic acids is 1. The summed E-state index contributed by atoms with van der Waals surface area (Å²) < 4.78 is 14.5. The van der Waals surface area contributed by atoms with Crippen LogP contribution in [0.25, 0.3) is 0 Å². The lowest BCUT2D eigenvalue weighted by molar-refractivity contribution is 0.102. The van der Waals surface area contributed by atoms with E-state index in [0.717, 1.165) is 0 Å². The molecule has 0 unspecified atom stereocenters. The monoisotopic (exact) mass is 358 g/mol. The highest BCUT2D eigenvalue weighted by Gasteiger charge is 2.16. The van der Waals surface area contributed by atoms with Crippen LogP contribution in [-0.2, 0) is 0 Å². The number of nitrogens with two attached hydrogens (primary N) is 1. The van der Waals surface area contributed by atoms with Crippen LogP contribution in [0.5, 0.6) is 0 Å². The SMILES string of the molecule is NNc1nccc(C(=O)Nc2ccc(Cl)c(Br)c2)c1F.